The minimum absolute atomic E-state index is 0.225. The van der Waals surface area contributed by atoms with Gasteiger partial charge in [-0.3, -0.25) is 0 Å². The Morgan fingerprint density at radius 2 is 1.55 bits per heavy atom. The van der Waals surface area contributed by atoms with Crippen molar-refractivity contribution >= 4 is 28.3 Å². The molecule has 0 aromatic heterocycles. The van der Waals surface area contributed by atoms with Gasteiger partial charge in [0.15, 0.2) is 0 Å². The lowest BCUT2D eigenvalue weighted by Crippen LogP contribution is -2.17. The van der Waals surface area contributed by atoms with E-state index in [4.69, 9.17) is 0 Å². The molecule has 2 aromatic rings. The van der Waals surface area contributed by atoms with E-state index in [0.29, 0.717) is 6.54 Å². The van der Waals surface area contributed by atoms with Gasteiger partial charge in [0.1, 0.15) is 5.75 Å². The van der Waals surface area contributed by atoms with Crippen molar-refractivity contribution in [2.45, 2.75) is 12.9 Å². The summed E-state index contributed by atoms with van der Waals surface area (Å²) in [5.41, 5.74) is 1.83. The Morgan fingerprint density at radius 1 is 0.950 bits per heavy atom. The van der Waals surface area contributed by atoms with E-state index in [2.05, 4.69) is 32.6 Å². The van der Waals surface area contributed by atoms with Crippen LogP contribution in [0.2, 0.25) is 0 Å². The van der Waals surface area contributed by atoms with Crippen LogP contribution in [0.25, 0.3) is 0 Å². The van der Waals surface area contributed by atoms with Gasteiger partial charge in [0.2, 0.25) is 0 Å². The third-order valence-electron chi connectivity index (χ3n) is 2.50. The standard InChI is InChI=1S/C14H11F3INO/c15-14(16,17)20-13-7-5-12(6-8-13)19-9-10-1-3-11(18)4-2-10/h1-8,19H,9H2. The fourth-order valence-electron chi connectivity index (χ4n) is 1.58. The molecule has 0 atom stereocenters. The molecule has 106 valence electrons. The summed E-state index contributed by atoms with van der Waals surface area (Å²) < 4.78 is 41.0. The topological polar surface area (TPSA) is 21.3 Å². The second kappa shape index (κ2) is 6.34. The van der Waals surface area contributed by atoms with Crippen LogP contribution in [0, 0.1) is 3.57 Å². The maximum Gasteiger partial charge on any atom is 0.573 e. The number of anilines is 1. The fraction of sp³-hybridized carbons (Fsp3) is 0.143. The average molecular weight is 393 g/mol. The van der Waals surface area contributed by atoms with E-state index < -0.39 is 6.36 Å². The third-order valence-corrected chi connectivity index (χ3v) is 3.22. The van der Waals surface area contributed by atoms with Gasteiger partial charge in [-0.05, 0) is 64.6 Å². The molecule has 0 saturated carbocycles. The maximum atomic E-state index is 12.0. The number of alkyl halides is 3. The van der Waals surface area contributed by atoms with Gasteiger partial charge in [-0.15, -0.1) is 13.2 Å². The average Bonchev–Trinajstić information content (AvgIpc) is 2.38. The van der Waals surface area contributed by atoms with Crippen molar-refractivity contribution in [3.63, 3.8) is 0 Å². The quantitative estimate of drug-likeness (QED) is 0.754. The van der Waals surface area contributed by atoms with E-state index in [1.54, 1.807) is 12.1 Å². The zero-order valence-electron chi connectivity index (χ0n) is 10.2. The molecule has 2 rings (SSSR count). The van der Waals surface area contributed by atoms with E-state index >= 15 is 0 Å². The van der Waals surface area contributed by atoms with Gasteiger partial charge in [0, 0.05) is 15.8 Å². The van der Waals surface area contributed by atoms with Crippen LogP contribution in [0.5, 0.6) is 5.75 Å². The van der Waals surface area contributed by atoms with Crippen LogP contribution in [0.15, 0.2) is 48.5 Å². The summed E-state index contributed by atoms with van der Waals surface area (Å²) in [7, 11) is 0. The van der Waals surface area contributed by atoms with Crippen molar-refractivity contribution in [1.29, 1.82) is 0 Å². The second-order valence-corrected chi connectivity index (χ2v) is 5.30. The van der Waals surface area contributed by atoms with Crippen molar-refractivity contribution < 1.29 is 17.9 Å². The highest BCUT2D eigenvalue weighted by molar-refractivity contribution is 14.1. The Labute approximate surface area is 128 Å². The molecule has 0 aliphatic rings. The molecular formula is C14H11F3INO. The Bertz CT molecular complexity index is 552. The highest BCUT2D eigenvalue weighted by Crippen LogP contribution is 2.24. The van der Waals surface area contributed by atoms with Crippen LogP contribution >= 0.6 is 22.6 Å². The molecule has 0 bridgehead atoms. The summed E-state index contributed by atoms with van der Waals surface area (Å²) in [6, 6.07) is 13.6. The molecule has 0 amide bonds. The normalized spacial score (nSPS) is 11.2. The molecule has 0 spiro atoms. The number of benzene rings is 2. The number of halogens is 4. The lowest BCUT2D eigenvalue weighted by Gasteiger charge is -2.10. The lowest BCUT2D eigenvalue weighted by atomic mass is 10.2. The Morgan fingerprint density at radius 3 is 2.10 bits per heavy atom. The van der Waals surface area contributed by atoms with Crippen LogP contribution in [0.3, 0.4) is 0 Å². The molecule has 0 aliphatic heterocycles. The summed E-state index contributed by atoms with van der Waals surface area (Å²) >= 11 is 2.22. The predicted octanol–water partition coefficient (Wildman–Crippen LogP) is 4.80. The van der Waals surface area contributed by atoms with Crippen molar-refractivity contribution in [3.05, 3.63) is 57.7 Å². The summed E-state index contributed by atoms with van der Waals surface area (Å²) in [6.07, 6.45) is -4.66. The highest BCUT2D eigenvalue weighted by atomic mass is 127. The van der Waals surface area contributed by atoms with Crippen molar-refractivity contribution in [3.8, 4) is 5.75 Å². The molecule has 0 saturated heterocycles. The van der Waals surface area contributed by atoms with Gasteiger partial charge < -0.3 is 10.1 Å². The van der Waals surface area contributed by atoms with Crippen LogP contribution in [0.4, 0.5) is 18.9 Å². The molecule has 0 fully saturated rings. The zero-order valence-corrected chi connectivity index (χ0v) is 12.4. The molecule has 0 heterocycles. The molecule has 6 heteroatoms. The van der Waals surface area contributed by atoms with Crippen LogP contribution < -0.4 is 10.1 Å². The van der Waals surface area contributed by atoms with E-state index in [1.165, 1.54) is 12.1 Å². The summed E-state index contributed by atoms with van der Waals surface area (Å²) in [4.78, 5) is 0. The van der Waals surface area contributed by atoms with Crippen molar-refractivity contribution in [1.82, 2.24) is 0 Å². The monoisotopic (exact) mass is 393 g/mol. The first-order valence-electron chi connectivity index (χ1n) is 5.76. The molecule has 1 N–H and O–H groups in total. The summed E-state index contributed by atoms with van der Waals surface area (Å²) in [5.74, 6) is -0.225. The number of ether oxygens (including phenoxy) is 1. The second-order valence-electron chi connectivity index (χ2n) is 4.05. The lowest BCUT2D eigenvalue weighted by molar-refractivity contribution is -0.274. The number of rotatable bonds is 4. The first-order chi connectivity index (χ1) is 9.42. The smallest absolute Gasteiger partial charge is 0.406 e. The van der Waals surface area contributed by atoms with Gasteiger partial charge in [-0.1, -0.05) is 12.1 Å². The van der Waals surface area contributed by atoms with Gasteiger partial charge in [-0.25, -0.2) is 0 Å². The van der Waals surface area contributed by atoms with Crippen molar-refractivity contribution in [2.75, 3.05) is 5.32 Å². The van der Waals surface area contributed by atoms with Crippen molar-refractivity contribution in [2.24, 2.45) is 0 Å². The van der Waals surface area contributed by atoms with Crippen LogP contribution in [0.1, 0.15) is 5.56 Å². The molecule has 0 aliphatic carbocycles. The summed E-state index contributed by atoms with van der Waals surface area (Å²) in [5, 5.41) is 3.13. The highest BCUT2D eigenvalue weighted by Gasteiger charge is 2.30. The first kappa shape index (κ1) is 15.0. The molecule has 0 unspecified atom stereocenters. The maximum absolute atomic E-state index is 12.0. The zero-order chi connectivity index (χ0) is 14.6. The summed E-state index contributed by atoms with van der Waals surface area (Å²) in [6.45, 7) is 0.608. The van der Waals surface area contributed by atoms with Crippen LogP contribution in [-0.2, 0) is 6.54 Å². The number of nitrogens with one attached hydrogen (secondary N) is 1. The molecule has 0 radical (unpaired) electrons. The first-order valence-corrected chi connectivity index (χ1v) is 6.84. The number of hydrogen-bond donors (Lipinski definition) is 1. The Balaban J connectivity index is 1.92. The van der Waals surface area contributed by atoms with Crippen LogP contribution in [-0.4, -0.2) is 6.36 Å². The minimum atomic E-state index is -4.66. The molecule has 2 nitrogen and oxygen atoms in total. The van der Waals surface area contributed by atoms with E-state index in [0.717, 1.165) is 14.8 Å². The fourth-order valence-corrected chi connectivity index (χ4v) is 1.94. The van der Waals surface area contributed by atoms with Gasteiger partial charge in [-0.2, -0.15) is 0 Å². The van der Waals surface area contributed by atoms with E-state index in [-0.39, 0.29) is 5.75 Å². The molecular weight excluding hydrogens is 382 g/mol. The predicted molar refractivity (Wildman–Crippen MR) is 79.6 cm³/mol. The molecule has 2 aromatic carbocycles. The Hall–Kier alpha value is -1.44. The largest absolute Gasteiger partial charge is 0.573 e. The molecule has 20 heavy (non-hydrogen) atoms. The number of hydrogen-bond acceptors (Lipinski definition) is 2. The van der Waals surface area contributed by atoms with E-state index in [9.17, 15) is 13.2 Å². The van der Waals surface area contributed by atoms with Gasteiger partial charge in [0.05, 0.1) is 0 Å². The Kier molecular flexibility index (Phi) is 4.74. The third kappa shape index (κ3) is 4.92. The minimum Gasteiger partial charge on any atom is -0.406 e. The van der Waals surface area contributed by atoms with E-state index in [1.807, 2.05) is 24.3 Å². The van der Waals surface area contributed by atoms with Gasteiger partial charge in [0.25, 0.3) is 0 Å². The SMILES string of the molecule is FC(F)(F)Oc1ccc(NCc2ccc(I)cc2)cc1. The van der Waals surface area contributed by atoms with Gasteiger partial charge >= 0.3 is 6.36 Å².